The van der Waals surface area contributed by atoms with Crippen LogP contribution < -0.4 is 10.6 Å². The molecular formula is C16H15Cl2N5. The Hall–Kier alpha value is -2.11. The molecule has 2 N–H and O–H groups in total. The van der Waals surface area contributed by atoms with Gasteiger partial charge in [0.25, 0.3) is 0 Å². The largest absolute Gasteiger partial charge is 0.384 e. The predicted molar refractivity (Wildman–Crippen MR) is 95.4 cm³/mol. The zero-order chi connectivity index (χ0) is 16.1. The second-order valence-electron chi connectivity index (χ2n) is 4.93. The van der Waals surface area contributed by atoms with Crippen LogP contribution in [0.25, 0.3) is 10.9 Å². The number of anilines is 2. The van der Waals surface area contributed by atoms with Crippen molar-refractivity contribution in [3.8, 4) is 0 Å². The second kappa shape index (κ2) is 7.44. The maximum absolute atomic E-state index is 6.00. The Bertz CT molecular complexity index is 809. The smallest absolute Gasteiger partial charge is 0.224 e. The summed E-state index contributed by atoms with van der Waals surface area (Å²) < 4.78 is 0. The first-order valence-electron chi connectivity index (χ1n) is 7.23. The van der Waals surface area contributed by atoms with E-state index >= 15 is 0 Å². The van der Waals surface area contributed by atoms with E-state index in [0.29, 0.717) is 16.1 Å². The molecule has 0 radical (unpaired) electrons. The molecule has 0 spiro atoms. The van der Waals surface area contributed by atoms with Gasteiger partial charge in [-0.05, 0) is 36.8 Å². The lowest BCUT2D eigenvalue weighted by Crippen LogP contribution is -2.11. The van der Waals surface area contributed by atoms with E-state index in [2.05, 4.69) is 25.6 Å². The molecular weight excluding hydrogens is 333 g/mol. The van der Waals surface area contributed by atoms with E-state index in [9.17, 15) is 0 Å². The van der Waals surface area contributed by atoms with E-state index in [1.165, 1.54) is 0 Å². The van der Waals surface area contributed by atoms with Crippen LogP contribution in [0, 0.1) is 0 Å². The molecule has 0 unspecified atom stereocenters. The Morgan fingerprint density at radius 3 is 2.61 bits per heavy atom. The first-order chi connectivity index (χ1) is 11.2. The number of benzene rings is 1. The van der Waals surface area contributed by atoms with E-state index in [1.54, 1.807) is 18.5 Å². The van der Waals surface area contributed by atoms with Gasteiger partial charge in [-0.3, -0.25) is 4.98 Å². The Morgan fingerprint density at radius 1 is 0.913 bits per heavy atom. The Labute approximate surface area is 144 Å². The molecule has 2 aromatic heterocycles. The Morgan fingerprint density at radius 2 is 1.74 bits per heavy atom. The molecule has 23 heavy (non-hydrogen) atoms. The molecule has 0 aliphatic rings. The number of aromatic nitrogens is 3. The highest BCUT2D eigenvalue weighted by atomic mass is 35.5. The summed E-state index contributed by atoms with van der Waals surface area (Å²) in [4.78, 5) is 12.5. The van der Waals surface area contributed by atoms with Crippen LogP contribution in [-0.2, 0) is 0 Å². The molecule has 0 amide bonds. The quantitative estimate of drug-likeness (QED) is 0.515. The second-order valence-corrected chi connectivity index (χ2v) is 5.75. The molecule has 0 saturated carbocycles. The molecule has 7 heteroatoms. The van der Waals surface area contributed by atoms with E-state index in [4.69, 9.17) is 23.2 Å². The molecule has 0 aliphatic heterocycles. The van der Waals surface area contributed by atoms with Crippen LogP contribution in [0.15, 0.2) is 42.7 Å². The summed E-state index contributed by atoms with van der Waals surface area (Å²) in [7, 11) is 0. The summed E-state index contributed by atoms with van der Waals surface area (Å²) in [5, 5.41) is 8.73. The third-order valence-corrected chi connectivity index (χ3v) is 3.72. The van der Waals surface area contributed by atoms with Crippen molar-refractivity contribution in [2.45, 2.75) is 6.42 Å². The van der Waals surface area contributed by atoms with E-state index in [-0.39, 0.29) is 0 Å². The SMILES string of the molecule is Clc1ccc2c(NCCCNc3nccc(Cl)n3)ccnc2c1. The van der Waals surface area contributed by atoms with E-state index in [1.807, 2.05) is 24.3 Å². The van der Waals surface area contributed by atoms with Crippen LogP contribution in [-0.4, -0.2) is 28.0 Å². The van der Waals surface area contributed by atoms with E-state index < -0.39 is 0 Å². The van der Waals surface area contributed by atoms with Crippen LogP contribution in [0.1, 0.15) is 6.42 Å². The fourth-order valence-electron chi connectivity index (χ4n) is 2.21. The number of halogens is 2. The lowest BCUT2D eigenvalue weighted by atomic mass is 10.2. The molecule has 1 aromatic carbocycles. The highest BCUT2D eigenvalue weighted by Crippen LogP contribution is 2.24. The minimum Gasteiger partial charge on any atom is -0.384 e. The van der Waals surface area contributed by atoms with Crippen molar-refractivity contribution >= 4 is 45.7 Å². The summed E-state index contributed by atoms with van der Waals surface area (Å²) in [5.41, 5.74) is 1.93. The van der Waals surface area contributed by atoms with E-state index in [0.717, 1.165) is 36.1 Å². The van der Waals surface area contributed by atoms with Crippen molar-refractivity contribution < 1.29 is 0 Å². The number of fused-ring (bicyclic) bond motifs is 1. The number of hydrogen-bond donors (Lipinski definition) is 2. The summed E-state index contributed by atoms with van der Waals surface area (Å²) in [6, 6.07) is 9.32. The fourth-order valence-corrected chi connectivity index (χ4v) is 2.51. The molecule has 0 aliphatic carbocycles. The molecule has 0 bridgehead atoms. The zero-order valence-corrected chi connectivity index (χ0v) is 13.8. The molecule has 5 nitrogen and oxygen atoms in total. The van der Waals surface area contributed by atoms with Crippen LogP contribution in [0.5, 0.6) is 0 Å². The highest BCUT2D eigenvalue weighted by Gasteiger charge is 2.02. The number of rotatable bonds is 6. The number of pyridine rings is 1. The highest BCUT2D eigenvalue weighted by molar-refractivity contribution is 6.31. The minimum atomic E-state index is 0.433. The van der Waals surface area contributed by atoms with Gasteiger partial charge in [0.15, 0.2) is 0 Å². The maximum atomic E-state index is 6.00. The monoisotopic (exact) mass is 347 g/mol. The summed E-state index contributed by atoms with van der Waals surface area (Å²) in [6.07, 6.45) is 4.32. The van der Waals surface area contributed by atoms with Gasteiger partial charge in [-0.25, -0.2) is 9.97 Å². The topological polar surface area (TPSA) is 62.7 Å². The third kappa shape index (κ3) is 4.21. The maximum Gasteiger partial charge on any atom is 0.224 e. The van der Waals surface area contributed by atoms with Crippen molar-refractivity contribution in [1.82, 2.24) is 15.0 Å². The van der Waals surface area contributed by atoms with Crippen molar-refractivity contribution in [3.05, 3.63) is 52.9 Å². The average molecular weight is 348 g/mol. The van der Waals surface area contributed by atoms with Gasteiger partial charge < -0.3 is 10.6 Å². The lowest BCUT2D eigenvalue weighted by molar-refractivity contribution is 0.895. The fraction of sp³-hybridized carbons (Fsp3) is 0.188. The normalized spacial score (nSPS) is 10.7. The van der Waals surface area contributed by atoms with Crippen LogP contribution in [0.2, 0.25) is 10.2 Å². The molecule has 3 rings (SSSR count). The first kappa shape index (κ1) is 15.8. The standard InChI is InChI=1S/C16H15Cl2N5/c17-11-2-3-12-13(4-8-20-14(12)10-11)19-6-1-7-21-16-22-9-5-15(18)23-16/h2-5,8-10H,1,6-7H2,(H,19,20)(H,21,22,23). The summed E-state index contributed by atoms with van der Waals surface area (Å²) in [5.74, 6) is 0.543. The molecule has 2 heterocycles. The summed E-state index contributed by atoms with van der Waals surface area (Å²) >= 11 is 11.8. The molecule has 0 atom stereocenters. The van der Waals surface area contributed by atoms with Gasteiger partial charge >= 0.3 is 0 Å². The Kier molecular flexibility index (Phi) is 5.10. The van der Waals surface area contributed by atoms with Crippen LogP contribution in [0.4, 0.5) is 11.6 Å². The van der Waals surface area contributed by atoms with Crippen LogP contribution in [0.3, 0.4) is 0 Å². The first-order valence-corrected chi connectivity index (χ1v) is 7.98. The van der Waals surface area contributed by atoms with Gasteiger partial charge in [0.2, 0.25) is 5.95 Å². The van der Waals surface area contributed by atoms with Crippen molar-refractivity contribution in [2.75, 3.05) is 23.7 Å². The third-order valence-electron chi connectivity index (χ3n) is 3.28. The Balaban J connectivity index is 1.53. The van der Waals surface area contributed by atoms with Crippen molar-refractivity contribution in [1.29, 1.82) is 0 Å². The molecule has 118 valence electrons. The van der Waals surface area contributed by atoms with Crippen molar-refractivity contribution in [3.63, 3.8) is 0 Å². The average Bonchev–Trinajstić information content (AvgIpc) is 2.54. The van der Waals surface area contributed by atoms with Gasteiger partial charge in [0.1, 0.15) is 5.15 Å². The van der Waals surface area contributed by atoms with Gasteiger partial charge in [-0.15, -0.1) is 0 Å². The predicted octanol–water partition coefficient (Wildman–Crippen LogP) is 4.25. The minimum absolute atomic E-state index is 0.433. The number of nitrogens with one attached hydrogen (secondary N) is 2. The lowest BCUT2D eigenvalue weighted by Gasteiger charge is -2.10. The van der Waals surface area contributed by atoms with Crippen molar-refractivity contribution in [2.24, 2.45) is 0 Å². The molecule has 0 fully saturated rings. The van der Waals surface area contributed by atoms with Gasteiger partial charge in [-0.2, -0.15) is 0 Å². The van der Waals surface area contributed by atoms with Gasteiger partial charge in [0.05, 0.1) is 5.52 Å². The molecule has 0 saturated heterocycles. The van der Waals surface area contributed by atoms with Gasteiger partial charge in [0, 0.05) is 41.6 Å². The summed E-state index contributed by atoms with van der Waals surface area (Å²) in [6.45, 7) is 1.57. The number of nitrogens with zero attached hydrogens (tertiary/aromatic N) is 3. The zero-order valence-electron chi connectivity index (χ0n) is 12.3. The van der Waals surface area contributed by atoms with Gasteiger partial charge in [-0.1, -0.05) is 23.2 Å². The van der Waals surface area contributed by atoms with Crippen LogP contribution >= 0.6 is 23.2 Å². The number of hydrogen-bond acceptors (Lipinski definition) is 5. The molecule has 3 aromatic rings.